The first-order chi connectivity index (χ1) is 3.81. The standard InChI is InChI=1S/C6H16N2/c1-3-4-5-6(2)8-7/h6,8H,3-5,7H2,1-2H3. The highest BCUT2D eigenvalue weighted by Crippen LogP contribution is 1.96. The van der Waals surface area contributed by atoms with Crippen LogP contribution in [0, 0.1) is 0 Å². The molecule has 0 aliphatic heterocycles. The van der Waals surface area contributed by atoms with Gasteiger partial charge in [0.2, 0.25) is 0 Å². The minimum absolute atomic E-state index is 0.481. The van der Waals surface area contributed by atoms with Gasteiger partial charge < -0.3 is 0 Å². The smallest absolute Gasteiger partial charge is 0.0182 e. The zero-order valence-corrected chi connectivity index (χ0v) is 5.78. The molecule has 0 aromatic heterocycles. The first-order valence-corrected chi connectivity index (χ1v) is 3.27. The molecule has 0 heterocycles. The molecular formula is C6H16N2. The molecule has 2 heteroatoms. The van der Waals surface area contributed by atoms with Crippen LogP contribution in [0.25, 0.3) is 0 Å². The number of nitrogens with one attached hydrogen (secondary N) is 1. The Hall–Kier alpha value is -0.0800. The topological polar surface area (TPSA) is 38.0 Å². The molecule has 0 aliphatic carbocycles. The van der Waals surface area contributed by atoms with Crippen LogP contribution >= 0.6 is 0 Å². The van der Waals surface area contributed by atoms with Crippen molar-refractivity contribution in [2.45, 2.75) is 39.2 Å². The highest BCUT2D eigenvalue weighted by molar-refractivity contribution is 4.53. The highest BCUT2D eigenvalue weighted by Gasteiger charge is 1.93. The van der Waals surface area contributed by atoms with Crippen LogP contribution in [0.3, 0.4) is 0 Å². The molecule has 1 atom stereocenters. The molecule has 0 aliphatic rings. The lowest BCUT2D eigenvalue weighted by molar-refractivity contribution is 0.510. The number of hydrazine groups is 1. The lowest BCUT2D eigenvalue weighted by atomic mass is 10.2. The number of unbranched alkanes of at least 4 members (excludes halogenated alkanes) is 1. The molecule has 50 valence electrons. The number of rotatable bonds is 4. The maximum absolute atomic E-state index is 5.16. The van der Waals surface area contributed by atoms with E-state index in [1.54, 1.807) is 0 Å². The van der Waals surface area contributed by atoms with E-state index in [1.165, 1.54) is 19.3 Å². The van der Waals surface area contributed by atoms with Gasteiger partial charge in [-0.2, -0.15) is 0 Å². The fraction of sp³-hybridized carbons (Fsp3) is 1.00. The van der Waals surface area contributed by atoms with E-state index in [9.17, 15) is 0 Å². The maximum Gasteiger partial charge on any atom is 0.0182 e. The van der Waals surface area contributed by atoms with Crippen LogP contribution in [0.15, 0.2) is 0 Å². The first kappa shape index (κ1) is 7.92. The summed E-state index contributed by atoms with van der Waals surface area (Å²) < 4.78 is 0. The molecule has 0 aromatic carbocycles. The third kappa shape index (κ3) is 4.09. The predicted molar refractivity (Wildman–Crippen MR) is 36.3 cm³/mol. The molecule has 8 heavy (non-hydrogen) atoms. The van der Waals surface area contributed by atoms with Gasteiger partial charge in [-0.05, 0) is 13.3 Å². The minimum Gasteiger partial charge on any atom is -0.271 e. The molecule has 0 saturated heterocycles. The fourth-order valence-electron chi connectivity index (χ4n) is 0.594. The van der Waals surface area contributed by atoms with Crippen LogP contribution in [0.5, 0.6) is 0 Å². The van der Waals surface area contributed by atoms with Crippen molar-refractivity contribution in [3.05, 3.63) is 0 Å². The molecule has 3 N–H and O–H groups in total. The van der Waals surface area contributed by atoms with Gasteiger partial charge in [-0.1, -0.05) is 19.8 Å². The second-order valence-corrected chi connectivity index (χ2v) is 2.21. The van der Waals surface area contributed by atoms with Crippen molar-refractivity contribution < 1.29 is 0 Å². The van der Waals surface area contributed by atoms with E-state index in [-0.39, 0.29) is 0 Å². The fourth-order valence-corrected chi connectivity index (χ4v) is 0.594. The largest absolute Gasteiger partial charge is 0.271 e. The zero-order chi connectivity index (χ0) is 6.41. The monoisotopic (exact) mass is 116 g/mol. The van der Waals surface area contributed by atoms with Crippen molar-refractivity contribution in [3.8, 4) is 0 Å². The number of hydrogen-bond acceptors (Lipinski definition) is 2. The van der Waals surface area contributed by atoms with Gasteiger partial charge in [0, 0.05) is 6.04 Å². The second kappa shape index (κ2) is 5.06. The van der Waals surface area contributed by atoms with Gasteiger partial charge in [0.1, 0.15) is 0 Å². The van der Waals surface area contributed by atoms with E-state index in [1.807, 2.05) is 0 Å². The van der Waals surface area contributed by atoms with Gasteiger partial charge in [-0.3, -0.25) is 11.3 Å². The average molecular weight is 116 g/mol. The Morgan fingerprint density at radius 1 is 1.62 bits per heavy atom. The van der Waals surface area contributed by atoms with Crippen LogP contribution in [-0.2, 0) is 0 Å². The van der Waals surface area contributed by atoms with Gasteiger partial charge in [0.25, 0.3) is 0 Å². The molecule has 0 amide bonds. The molecule has 0 rings (SSSR count). The average Bonchev–Trinajstić information content (AvgIpc) is 1.83. The van der Waals surface area contributed by atoms with Gasteiger partial charge in [-0.25, -0.2) is 0 Å². The normalized spacial score (nSPS) is 13.9. The molecule has 2 nitrogen and oxygen atoms in total. The summed E-state index contributed by atoms with van der Waals surface area (Å²) in [7, 11) is 0. The molecule has 0 saturated carbocycles. The summed E-state index contributed by atoms with van der Waals surface area (Å²) in [6.07, 6.45) is 3.71. The lowest BCUT2D eigenvalue weighted by Crippen LogP contribution is -2.32. The van der Waals surface area contributed by atoms with Crippen LogP contribution < -0.4 is 11.3 Å². The summed E-state index contributed by atoms with van der Waals surface area (Å²) in [6, 6.07) is 0.481. The van der Waals surface area contributed by atoms with Crippen molar-refractivity contribution >= 4 is 0 Å². The summed E-state index contributed by atoms with van der Waals surface area (Å²) in [5.41, 5.74) is 2.70. The molecule has 0 bridgehead atoms. The van der Waals surface area contributed by atoms with E-state index in [0.717, 1.165) is 0 Å². The quantitative estimate of drug-likeness (QED) is 0.425. The van der Waals surface area contributed by atoms with Gasteiger partial charge in [0.15, 0.2) is 0 Å². The molecule has 0 aromatic rings. The van der Waals surface area contributed by atoms with Gasteiger partial charge >= 0.3 is 0 Å². The summed E-state index contributed by atoms with van der Waals surface area (Å²) in [6.45, 7) is 4.28. The lowest BCUT2D eigenvalue weighted by Gasteiger charge is -2.06. The molecule has 1 unspecified atom stereocenters. The molecule has 0 radical (unpaired) electrons. The second-order valence-electron chi connectivity index (χ2n) is 2.21. The summed E-state index contributed by atoms with van der Waals surface area (Å²) in [4.78, 5) is 0. The van der Waals surface area contributed by atoms with Crippen molar-refractivity contribution in [2.24, 2.45) is 5.84 Å². The molecule has 0 spiro atoms. The Morgan fingerprint density at radius 2 is 2.25 bits per heavy atom. The molecule has 0 fully saturated rings. The highest BCUT2D eigenvalue weighted by atomic mass is 15.2. The SMILES string of the molecule is CCCCC(C)NN. The van der Waals surface area contributed by atoms with Gasteiger partial charge in [0.05, 0.1) is 0 Å². The van der Waals surface area contributed by atoms with Gasteiger partial charge in [-0.15, -0.1) is 0 Å². The maximum atomic E-state index is 5.16. The summed E-state index contributed by atoms with van der Waals surface area (Å²) in [5.74, 6) is 5.16. The Balaban J connectivity index is 2.86. The van der Waals surface area contributed by atoms with Crippen LogP contribution in [0.2, 0.25) is 0 Å². The van der Waals surface area contributed by atoms with E-state index in [2.05, 4.69) is 19.3 Å². The Bertz CT molecular complexity index is 45.8. The predicted octanol–water partition coefficient (Wildman–Crippen LogP) is 1.03. The van der Waals surface area contributed by atoms with Crippen LogP contribution in [-0.4, -0.2) is 6.04 Å². The van der Waals surface area contributed by atoms with Crippen LogP contribution in [0.4, 0.5) is 0 Å². The zero-order valence-electron chi connectivity index (χ0n) is 5.78. The first-order valence-electron chi connectivity index (χ1n) is 3.27. The van der Waals surface area contributed by atoms with Crippen molar-refractivity contribution in [1.82, 2.24) is 5.43 Å². The number of hydrogen-bond donors (Lipinski definition) is 2. The van der Waals surface area contributed by atoms with E-state index in [4.69, 9.17) is 5.84 Å². The third-order valence-corrected chi connectivity index (χ3v) is 1.28. The van der Waals surface area contributed by atoms with E-state index >= 15 is 0 Å². The van der Waals surface area contributed by atoms with E-state index < -0.39 is 0 Å². The number of nitrogens with two attached hydrogens (primary N) is 1. The Morgan fingerprint density at radius 3 is 2.62 bits per heavy atom. The minimum atomic E-state index is 0.481. The van der Waals surface area contributed by atoms with Crippen LogP contribution in [0.1, 0.15) is 33.1 Å². The summed E-state index contributed by atoms with van der Waals surface area (Å²) >= 11 is 0. The third-order valence-electron chi connectivity index (χ3n) is 1.28. The van der Waals surface area contributed by atoms with Crippen molar-refractivity contribution in [1.29, 1.82) is 0 Å². The van der Waals surface area contributed by atoms with E-state index in [0.29, 0.717) is 6.04 Å². The molecular weight excluding hydrogens is 100 g/mol. The van der Waals surface area contributed by atoms with Crippen molar-refractivity contribution in [3.63, 3.8) is 0 Å². The van der Waals surface area contributed by atoms with Crippen molar-refractivity contribution in [2.75, 3.05) is 0 Å². The Labute approximate surface area is 51.4 Å². The Kier molecular flexibility index (Phi) is 5.01. The summed E-state index contributed by atoms with van der Waals surface area (Å²) in [5, 5.41) is 0.